The molecular formula is C27H24Cl2N4O4S. The van der Waals surface area contributed by atoms with Crippen molar-refractivity contribution < 1.29 is 9.53 Å². The van der Waals surface area contributed by atoms with Gasteiger partial charge in [0.05, 0.1) is 11.4 Å². The first-order chi connectivity index (χ1) is 18.0. The Balaban J connectivity index is 1.80. The highest BCUT2D eigenvalue weighted by molar-refractivity contribution is 7.14. The van der Waals surface area contributed by atoms with E-state index in [2.05, 4.69) is 10.1 Å². The molecule has 0 aliphatic heterocycles. The quantitative estimate of drug-likeness (QED) is 0.222. The van der Waals surface area contributed by atoms with E-state index in [0.29, 0.717) is 21.1 Å². The number of rotatable bonds is 7. The van der Waals surface area contributed by atoms with Crippen molar-refractivity contribution in [2.24, 2.45) is 0 Å². The van der Waals surface area contributed by atoms with Gasteiger partial charge in [-0.3, -0.25) is 9.78 Å². The Morgan fingerprint density at radius 3 is 2.39 bits per heavy atom. The first-order valence-corrected chi connectivity index (χ1v) is 13.1. The van der Waals surface area contributed by atoms with E-state index in [0.717, 1.165) is 22.0 Å². The average Bonchev–Trinajstić information content (AvgIpc) is 3.30. The van der Waals surface area contributed by atoms with Gasteiger partial charge in [-0.25, -0.2) is 14.6 Å². The van der Waals surface area contributed by atoms with E-state index in [4.69, 9.17) is 32.9 Å². The van der Waals surface area contributed by atoms with E-state index in [-0.39, 0.29) is 22.3 Å². The molecule has 0 amide bonds. The number of hydrogen-bond acceptors (Lipinski definition) is 7. The molecule has 0 saturated heterocycles. The molecule has 0 aliphatic carbocycles. The van der Waals surface area contributed by atoms with Crippen molar-refractivity contribution >= 4 is 40.5 Å². The average molecular weight is 571 g/mol. The summed E-state index contributed by atoms with van der Waals surface area (Å²) in [5, 5.41) is 4.99. The number of carbonyl (C=O) groups excluding carboxylic acids is 1. The summed E-state index contributed by atoms with van der Waals surface area (Å²) >= 11 is 14.6. The standard InChI is InChI=1S/C27H24Cl2N4O4S/c1-15(2)10-11-37-24(35)23-22(16-8-6-5-7-9-16)32-25(38-23)27(3,4)21-18(28)12-17(13-19(21)29)33-26(36)31-20(34)14-30-33/h5-10,12-14H,11H2,1-4H3,(H,31,34,36). The highest BCUT2D eigenvalue weighted by Crippen LogP contribution is 2.44. The van der Waals surface area contributed by atoms with Gasteiger partial charge in [-0.2, -0.15) is 9.78 Å². The number of nitrogens with zero attached hydrogens (tertiary/aromatic N) is 3. The molecule has 2 aromatic heterocycles. The number of hydrogen-bond donors (Lipinski definition) is 1. The van der Waals surface area contributed by atoms with Gasteiger partial charge in [0, 0.05) is 26.6 Å². The van der Waals surface area contributed by atoms with Crippen molar-refractivity contribution in [3.63, 3.8) is 0 Å². The van der Waals surface area contributed by atoms with Crippen molar-refractivity contribution in [3.05, 3.63) is 107 Å². The fourth-order valence-electron chi connectivity index (χ4n) is 3.79. The minimum Gasteiger partial charge on any atom is -0.457 e. The van der Waals surface area contributed by atoms with Gasteiger partial charge < -0.3 is 4.74 Å². The minimum absolute atomic E-state index is 0.156. The van der Waals surface area contributed by atoms with Crippen LogP contribution in [0.15, 0.2) is 69.9 Å². The lowest BCUT2D eigenvalue weighted by Gasteiger charge is -2.25. The second-order valence-electron chi connectivity index (χ2n) is 9.20. The van der Waals surface area contributed by atoms with Crippen LogP contribution in [0.1, 0.15) is 47.9 Å². The zero-order valence-electron chi connectivity index (χ0n) is 21.0. The van der Waals surface area contributed by atoms with Gasteiger partial charge >= 0.3 is 11.7 Å². The summed E-state index contributed by atoms with van der Waals surface area (Å²) < 4.78 is 6.50. The molecule has 11 heteroatoms. The summed E-state index contributed by atoms with van der Waals surface area (Å²) in [7, 11) is 0. The summed E-state index contributed by atoms with van der Waals surface area (Å²) in [6, 6.07) is 12.5. The van der Waals surface area contributed by atoms with Gasteiger partial charge in [0.15, 0.2) is 0 Å². The maximum atomic E-state index is 13.1. The number of benzene rings is 2. The Morgan fingerprint density at radius 2 is 1.79 bits per heavy atom. The van der Waals surface area contributed by atoms with Crippen LogP contribution in [0.2, 0.25) is 10.0 Å². The van der Waals surface area contributed by atoms with Gasteiger partial charge in [-0.15, -0.1) is 11.3 Å². The van der Waals surface area contributed by atoms with Crippen LogP contribution in [-0.2, 0) is 10.2 Å². The van der Waals surface area contributed by atoms with Crippen LogP contribution in [0.25, 0.3) is 16.9 Å². The topological polar surface area (TPSA) is 107 Å². The molecule has 2 heterocycles. The minimum atomic E-state index is -0.831. The molecule has 0 aliphatic rings. The number of H-pyrrole nitrogens is 1. The van der Waals surface area contributed by atoms with E-state index < -0.39 is 22.6 Å². The number of aromatic amines is 1. The zero-order valence-corrected chi connectivity index (χ0v) is 23.4. The summed E-state index contributed by atoms with van der Waals surface area (Å²) in [6.07, 6.45) is 2.82. The number of esters is 1. The summed E-state index contributed by atoms with van der Waals surface area (Å²) in [5.41, 5.74) is 0.995. The lowest BCUT2D eigenvalue weighted by Crippen LogP contribution is -2.30. The largest absolute Gasteiger partial charge is 0.457 e. The summed E-state index contributed by atoms with van der Waals surface area (Å²) in [6.45, 7) is 7.81. The predicted octanol–water partition coefficient (Wildman–Crippen LogP) is 5.80. The molecule has 38 heavy (non-hydrogen) atoms. The van der Waals surface area contributed by atoms with Crippen LogP contribution in [0, 0.1) is 0 Å². The summed E-state index contributed by atoms with van der Waals surface area (Å²) in [4.78, 5) is 44.1. The second-order valence-corrected chi connectivity index (χ2v) is 11.0. The SMILES string of the molecule is CC(C)=CCOC(=O)c1sc(C(C)(C)c2c(Cl)cc(-n3ncc(=O)[nH]c3=O)cc2Cl)nc1-c1ccccc1. The Hall–Kier alpha value is -3.53. The van der Waals surface area contributed by atoms with Gasteiger partial charge in [0.1, 0.15) is 22.7 Å². The van der Waals surface area contributed by atoms with E-state index in [1.807, 2.05) is 64.1 Å². The lowest BCUT2D eigenvalue weighted by atomic mass is 9.85. The second kappa shape index (κ2) is 11.1. The number of halogens is 2. The molecule has 2 aromatic carbocycles. The van der Waals surface area contributed by atoms with Crippen molar-refractivity contribution in [3.8, 4) is 16.9 Å². The third-order valence-corrected chi connectivity index (χ3v) is 7.67. The highest BCUT2D eigenvalue weighted by Gasteiger charge is 2.34. The Kier molecular flexibility index (Phi) is 8.01. The normalized spacial score (nSPS) is 11.3. The van der Waals surface area contributed by atoms with E-state index in [1.54, 1.807) is 0 Å². The first-order valence-electron chi connectivity index (χ1n) is 11.5. The number of aromatic nitrogens is 4. The molecule has 196 valence electrons. The number of carbonyl (C=O) groups is 1. The third kappa shape index (κ3) is 5.65. The predicted molar refractivity (Wildman–Crippen MR) is 150 cm³/mol. The smallest absolute Gasteiger partial charge is 0.350 e. The summed E-state index contributed by atoms with van der Waals surface area (Å²) in [5.74, 6) is -0.475. The van der Waals surface area contributed by atoms with Crippen molar-refractivity contribution in [2.75, 3.05) is 6.61 Å². The molecule has 0 fully saturated rings. The monoisotopic (exact) mass is 570 g/mol. The highest BCUT2D eigenvalue weighted by atomic mass is 35.5. The van der Waals surface area contributed by atoms with Gasteiger partial charge in [0.25, 0.3) is 5.56 Å². The molecule has 0 radical (unpaired) electrons. The Labute approximate surface area is 232 Å². The Morgan fingerprint density at radius 1 is 1.13 bits per heavy atom. The van der Waals surface area contributed by atoms with Crippen molar-refractivity contribution in [1.29, 1.82) is 0 Å². The van der Waals surface area contributed by atoms with Gasteiger partial charge in [0.2, 0.25) is 0 Å². The van der Waals surface area contributed by atoms with Crippen molar-refractivity contribution in [2.45, 2.75) is 33.1 Å². The first kappa shape index (κ1) is 27.5. The molecule has 0 atom stereocenters. The fraction of sp³-hybridized carbons (Fsp3) is 0.222. The van der Waals surface area contributed by atoms with Gasteiger partial charge in [-0.1, -0.05) is 59.1 Å². The van der Waals surface area contributed by atoms with Crippen LogP contribution in [-0.4, -0.2) is 32.3 Å². The number of allylic oxidation sites excluding steroid dienone is 1. The molecule has 1 N–H and O–H groups in total. The third-order valence-electron chi connectivity index (χ3n) is 5.71. The Bertz CT molecular complexity index is 1630. The molecule has 4 aromatic rings. The number of nitrogens with one attached hydrogen (secondary N) is 1. The molecule has 0 spiro atoms. The molecule has 0 saturated carbocycles. The zero-order chi connectivity index (χ0) is 27.6. The molecule has 8 nitrogen and oxygen atoms in total. The van der Waals surface area contributed by atoms with Crippen LogP contribution in [0.5, 0.6) is 0 Å². The fourth-order valence-corrected chi connectivity index (χ4v) is 5.83. The van der Waals surface area contributed by atoms with E-state index >= 15 is 0 Å². The maximum absolute atomic E-state index is 13.1. The van der Waals surface area contributed by atoms with Crippen LogP contribution in [0.4, 0.5) is 0 Å². The van der Waals surface area contributed by atoms with Gasteiger partial charge in [-0.05, 0) is 45.9 Å². The van der Waals surface area contributed by atoms with Crippen LogP contribution >= 0.6 is 34.5 Å². The van der Waals surface area contributed by atoms with E-state index in [1.165, 1.54) is 23.5 Å². The molecule has 0 unspecified atom stereocenters. The van der Waals surface area contributed by atoms with Crippen molar-refractivity contribution in [1.82, 2.24) is 19.7 Å². The molecular weight excluding hydrogens is 547 g/mol. The van der Waals surface area contributed by atoms with E-state index in [9.17, 15) is 14.4 Å². The number of thiazole rings is 1. The lowest BCUT2D eigenvalue weighted by molar-refractivity contribution is 0.0555. The van der Waals surface area contributed by atoms with Crippen LogP contribution in [0.3, 0.4) is 0 Å². The maximum Gasteiger partial charge on any atom is 0.350 e. The number of ether oxygens (including phenoxy) is 1. The molecule has 0 bridgehead atoms. The van der Waals surface area contributed by atoms with Crippen LogP contribution < -0.4 is 11.2 Å². The molecule has 4 rings (SSSR count).